The van der Waals surface area contributed by atoms with Crippen molar-refractivity contribution in [2.45, 2.75) is 18.2 Å². The molecule has 5 heteroatoms. The van der Waals surface area contributed by atoms with E-state index in [1.807, 2.05) is 5.40 Å². The van der Waals surface area contributed by atoms with E-state index in [0.29, 0.717) is 17.9 Å². The number of carbonyl (C=O) groups excluding carboxylic acids is 1. The second-order valence-electron chi connectivity index (χ2n) is 3.23. The monoisotopic (exact) mass is 236 g/mol. The summed E-state index contributed by atoms with van der Waals surface area (Å²) in [7, 11) is 0. The van der Waals surface area contributed by atoms with Crippen LogP contribution in [0.5, 0.6) is 5.75 Å². The zero-order valence-corrected chi connectivity index (χ0v) is 9.67. The van der Waals surface area contributed by atoms with Gasteiger partial charge in [-0.1, -0.05) is 6.07 Å². The van der Waals surface area contributed by atoms with E-state index in [-0.39, 0.29) is 11.7 Å². The van der Waals surface area contributed by atoms with E-state index in [9.17, 15) is 9.90 Å². The molecule has 0 unspecified atom stereocenters. The predicted molar refractivity (Wildman–Crippen MR) is 62.0 cm³/mol. The number of benzene rings is 1. The number of carbonyl (C=O) groups is 1. The number of thiocyanates is 1. The molecule has 0 saturated heterocycles. The van der Waals surface area contributed by atoms with Gasteiger partial charge in [0.05, 0.1) is 4.90 Å². The first-order chi connectivity index (χ1) is 7.63. The molecule has 0 aromatic heterocycles. The average molecular weight is 236 g/mol. The third-order valence-electron chi connectivity index (χ3n) is 1.97. The van der Waals surface area contributed by atoms with Gasteiger partial charge < -0.3 is 10.4 Å². The Hall–Kier alpha value is -1.67. The second-order valence-corrected chi connectivity index (χ2v) is 4.05. The van der Waals surface area contributed by atoms with Crippen LogP contribution in [-0.2, 0) is 11.2 Å². The van der Waals surface area contributed by atoms with Gasteiger partial charge in [0.2, 0.25) is 5.91 Å². The van der Waals surface area contributed by atoms with Gasteiger partial charge in [0.25, 0.3) is 0 Å². The minimum atomic E-state index is -0.0644. The van der Waals surface area contributed by atoms with E-state index in [2.05, 4.69) is 5.32 Å². The maximum Gasteiger partial charge on any atom is 0.216 e. The quantitative estimate of drug-likeness (QED) is 0.615. The molecule has 0 spiro atoms. The van der Waals surface area contributed by atoms with Crippen LogP contribution in [0.3, 0.4) is 0 Å². The molecule has 0 bridgehead atoms. The van der Waals surface area contributed by atoms with Crippen LogP contribution < -0.4 is 5.32 Å². The lowest BCUT2D eigenvalue weighted by atomic mass is 10.1. The molecular weight excluding hydrogens is 224 g/mol. The fraction of sp³-hybridized carbons (Fsp3) is 0.273. The van der Waals surface area contributed by atoms with Crippen LogP contribution in [0, 0.1) is 10.7 Å². The summed E-state index contributed by atoms with van der Waals surface area (Å²) >= 11 is 0.924. The highest BCUT2D eigenvalue weighted by molar-refractivity contribution is 8.03. The molecule has 1 aromatic rings. The predicted octanol–water partition coefficient (Wildman–Crippen LogP) is 1.64. The molecule has 0 heterocycles. The number of nitrogens with zero attached hydrogens (tertiary/aromatic N) is 1. The van der Waals surface area contributed by atoms with Gasteiger partial charge in [-0.3, -0.25) is 4.79 Å². The van der Waals surface area contributed by atoms with Crippen LogP contribution in [0.4, 0.5) is 0 Å². The Balaban J connectivity index is 2.64. The zero-order valence-electron chi connectivity index (χ0n) is 8.86. The molecule has 0 radical (unpaired) electrons. The van der Waals surface area contributed by atoms with E-state index < -0.39 is 0 Å². The summed E-state index contributed by atoms with van der Waals surface area (Å²) in [5.41, 5.74) is 0.976. The van der Waals surface area contributed by atoms with E-state index in [4.69, 9.17) is 5.26 Å². The summed E-state index contributed by atoms with van der Waals surface area (Å²) in [6.07, 6.45) is 0.679. The molecule has 0 fully saturated rings. The van der Waals surface area contributed by atoms with Crippen LogP contribution in [0.15, 0.2) is 23.1 Å². The summed E-state index contributed by atoms with van der Waals surface area (Å²) < 4.78 is 0. The SMILES string of the molecule is CC(=O)NCCc1ccc(O)c(SC#N)c1. The van der Waals surface area contributed by atoms with Gasteiger partial charge in [0.1, 0.15) is 11.2 Å². The molecule has 0 aliphatic heterocycles. The molecule has 0 saturated carbocycles. The molecule has 0 aliphatic carbocycles. The highest BCUT2D eigenvalue weighted by atomic mass is 32.2. The van der Waals surface area contributed by atoms with E-state index in [0.717, 1.165) is 17.3 Å². The highest BCUT2D eigenvalue weighted by Crippen LogP contribution is 2.28. The molecule has 16 heavy (non-hydrogen) atoms. The van der Waals surface area contributed by atoms with Crippen molar-refractivity contribution in [1.82, 2.24) is 5.32 Å². The molecule has 4 nitrogen and oxygen atoms in total. The smallest absolute Gasteiger partial charge is 0.216 e. The van der Waals surface area contributed by atoms with Gasteiger partial charge >= 0.3 is 0 Å². The van der Waals surface area contributed by atoms with Crippen LogP contribution in [0.25, 0.3) is 0 Å². The van der Waals surface area contributed by atoms with Gasteiger partial charge in [-0.2, -0.15) is 5.26 Å². The van der Waals surface area contributed by atoms with Crippen LogP contribution in [0.1, 0.15) is 12.5 Å². The second kappa shape index (κ2) is 6.03. The number of amides is 1. The topological polar surface area (TPSA) is 73.1 Å². The van der Waals surface area contributed by atoms with Crippen molar-refractivity contribution in [2.24, 2.45) is 0 Å². The summed E-state index contributed by atoms with van der Waals surface area (Å²) in [6.45, 7) is 2.02. The number of hydrogen-bond acceptors (Lipinski definition) is 4. The van der Waals surface area contributed by atoms with E-state index in [1.165, 1.54) is 6.92 Å². The Kier molecular flexibility index (Phi) is 4.67. The molecule has 1 amide bonds. The average Bonchev–Trinajstić information content (AvgIpc) is 2.22. The summed E-state index contributed by atoms with van der Waals surface area (Å²) in [6, 6.07) is 5.09. The molecule has 1 rings (SSSR count). The Morgan fingerprint density at radius 2 is 2.38 bits per heavy atom. The van der Waals surface area contributed by atoms with Gasteiger partial charge in [0, 0.05) is 13.5 Å². The minimum Gasteiger partial charge on any atom is -0.507 e. The Labute approximate surface area is 98.3 Å². The first kappa shape index (κ1) is 12.4. The standard InChI is InChI=1S/C11H12N2O2S/c1-8(14)13-5-4-9-2-3-10(15)11(6-9)16-7-12/h2-3,6,15H,4-5H2,1H3,(H,13,14). The normalized spacial score (nSPS) is 9.50. The third kappa shape index (κ3) is 3.83. The highest BCUT2D eigenvalue weighted by Gasteiger charge is 2.03. The number of hydrogen-bond donors (Lipinski definition) is 2. The molecular formula is C11H12N2O2S. The number of aromatic hydroxyl groups is 1. The Bertz CT molecular complexity index is 426. The molecule has 84 valence electrons. The van der Waals surface area contributed by atoms with Crippen LogP contribution >= 0.6 is 11.8 Å². The van der Waals surface area contributed by atoms with Gasteiger partial charge in [0.15, 0.2) is 0 Å². The van der Waals surface area contributed by atoms with E-state index >= 15 is 0 Å². The molecule has 1 aromatic carbocycles. The molecule has 0 aliphatic rings. The number of rotatable bonds is 4. The van der Waals surface area contributed by atoms with Gasteiger partial charge in [-0.05, 0) is 35.9 Å². The van der Waals surface area contributed by atoms with Gasteiger partial charge in [-0.15, -0.1) is 0 Å². The summed E-state index contributed by atoms with van der Waals surface area (Å²) in [4.78, 5) is 11.2. The lowest BCUT2D eigenvalue weighted by Gasteiger charge is -2.05. The van der Waals surface area contributed by atoms with Crippen molar-refractivity contribution < 1.29 is 9.90 Å². The lowest BCUT2D eigenvalue weighted by Crippen LogP contribution is -2.22. The largest absolute Gasteiger partial charge is 0.507 e. The number of nitriles is 1. The van der Waals surface area contributed by atoms with Crippen molar-refractivity contribution in [1.29, 1.82) is 5.26 Å². The van der Waals surface area contributed by atoms with Crippen LogP contribution in [0.2, 0.25) is 0 Å². The first-order valence-corrected chi connectivity index (χ1v) is 5.57. The number of nitrogens with one attached hydrogen (secondary N) is 1. The van der Waals surface area contributed by atoms with Crippen molar-refractivity contribution in [3.8, 4) is 11.2 Å². The summed E-state index contributed by atoms with van der Waals surface area (Å²) in [5, 5.41) is 22.6. The third-order valence-corrected chi connectivity index (χ3v) is 2.61. The van der Waals surface area contributed by atoms with E-state index in [1.54, 1.807) is 18.2 Å². The zero-order chi connectivity index (χ0) is 12.0. The molecule has 0 atom stereocenters. The number of phenols is 1. The fourth-order valence-electron chi connectivity index (χ4n) is 1.23. The number of phenolic OH excluding ortho intramolecular Hbond substituents is 1. The maximum absolute atomic E-state index is 10.7. The molecule has 2 N–H and O–H groups in total. The minimum absolute atomic E-state index is 0.0644. The van der Waals surface area contributed by atoms with Crippen LogP contribution in [-0.4, -0.2) is 17.6 Å². The maximum atomic E-state index is 10.7. The number of thioether (sulfide) groups is 1. The van der Waals surface area contributed by atoms with Crippen molar-refractivity contribution >= 4 is 17.7 Å². The van der Waals surface area contributed by atoms with Gasteiger partial charge in [-0.25, -0.2) is 0 Å². The Morgan fingerprint density at radius 1 is 1.62 bits per heavy atom. The fourth-order valence-corrected chi connectivity index (χ4v) is 1.71. The van der Waals surface area contributed by atoms with Crippen molar-refractivity contribution in [3.63, 3.8) is 0 Å². The summed E-state index contributed by atoms with van der Waals surface area (Å²) in [5.74, 6) is 0.0419. The Morgan fingerprint density at radius 3 is 3.00 bits per heavy atom. The lowest BCUT2D eigenvalue weighted by molar-refractivity contribution is -0.118. The first-order valence-electron chi connectivity index (χ1n) is 4.75. The van der Waals surface area contributed by atoms with Crippen molar-refractivity contribution in [3.05, 3.63) is 23.8 Å². The van der Waals surface area contributed by atoms with Crippen molar-refractivity contribution in [2.75, 3.05) is 6.54 Å².